The van der Waals surface area contributed by atoms with Crippen molar-refractivity contribution < 1.29 is 13.2 Å². The number of carbonyl (C=O) groups is 1. The molecule has 2 rings (SSSR count). The summed E-state index contributed by atoms with van der Waals surface area (Å²) in [6, 6.07) is 9.17. The Balaban J connectivity index is 2.10. The summed E-state index contributed by atoms with van der Waals surface area (Å²) in [5.41, 5.74) is 1.59. The lowest BCUT2D eigenvalue weighted by Crippen LogP contribution is -2.27. The number of hydrogen-bond acceptors (Lipinski definition) is 4. The lowest BCUT2D eigenvalue weighted by molar-refractivity contribution is -0.117. The summed E-state index contributed by atoms with van der Waals surface area (Å²) in [6.07, 6.45) is 0.513. The Kier molecular flexibility index (Phi) is 4.06. The molecular formula is C13H15N3O3S. The van der Waals surface area contributed by atoms with Crippen molar-refractivity contribution in [1.82, 2.24) is 0 Å². The molecule has 20 heavy (non-hydrogen) atoms. The van der Waals surface area contributed by atoms with Crippen molar-refractivity contribution >= 4 is 21.6 Å². The third-order valence-corrected chi connectivity index (χ3v) is 4.14. The van der Waals surface area contributed by atoms with E-state index in [-0.39, 0.29) is 24.0 Å². The molecule has 1 aliphatic rings. The first-order chi connectivity index (χ1) is 9.39. The average Bonchev–Trinajstić information content (AvgIpc) is 2.69. The maximum Gasteiger partial charge on any atom is 0.227 e. The van der Waals surface area contributed by atoms with Crippen LogP contribution in [0.25, 0.3) is 0 Å². The highest BCUT2D eigenvalue weighted by Gasteiger charge is 2.32. The fourth-order valence-corrected chi connectivity index (χ4v) is 3.24. The van der Waals surface area contributed by atoms with Crippen LogP contribution in [-0.4, -0.2) is 26.6 Å². The van der Waals surface area contributed by atoms with Crippen LogP contribution in [0.1, 0.15) is 12.0 Å². The van der Waals surface area contributed by atoms with Gasteiger partial charge in [-0.2, -0.15) is 5.26 Å². The molecule has 0 bridgehead atoms. The molecule has 1 unspecified atom stereocenters. The number of nitrogens with two attached hydrogens (primary N) is 1. The van der Waals surface area contributed by atoms with Gasteiger partial charge in [0.25, 0.3) is 0 Å². The monoisotopic (exact) mass is 293 g/mol. The number of primary sulfonamides is 1. The number of anilines is 1. The summed E-state index contributed by atoms with van der Waals surface area (Å²) in [5.74, 6) is -0.551. The zero-order valence-corrected chi connectivity index (χ0v) is 11.6. The van der Waals surface area contributed by atoms with E-state index in [9.17, 15) is 13.2 Å². The lowest BCUT2D eigenvalue weighted by Gasteiger charge is -2.16. The smallest absolute Gasteiger partial charge is 0.227 e. The van der Waals surface area contributed by atoms with Gasteiger partial charge in [0.1, 0.15) is 0 Å². The SMILES string of the molecule is N#CCc1ccc(N2CC(CS(N)(=O)=O)CC2=O)cc1. The zero-order valence-electron chi connectivity index (χ0n) is 10.8. The normalized spacial score (nSPS) is 19.1. The number of rotatable bonds is 4. The Bertz CT molecular complexity index is 646. The lowest BCUT2D eigenvalue weighted by atomic mass is 10.1. The number of nitrogens with zero attached hydrogens (tertiary/aromatic N) is 2. The van der Waals surface area contributed by atoms with Gasteiger partial charge in [-0.1, -0.05) is 12.1 Å². The van der Waals surface area contributed by atoms with E-state index in [1.807, 2.05) is 0 Å². The van der Waals surface area contributed by atoms with Crippen molar-refractivity contribution in [3.63, 3.8) is 0 Å². The number of nitriles is 1. The third kappa shape index (κ3) is 3.56. The molecule has 1 fully saturated rings. The van der Waals surface area contributed by atoms with Crippen molar-refractivity contribution in [2.75, 3.05) is 17.2 Å². The molecule has 1 aromatic carbocycles. The van der Waals surface area contributed by atoms with Crippen molar-refractivity contribution in [1.29, 1.82) is 5.26 Å². The second-order valence-corrected chi connectivity index (χ2v) is 6.56. The Morgan fingerprint density at radius 1 is 1.35 bits per heavy atom. The van der Waals surface area contributed by atoms with Gasteiger partial charge in [0, 0.05) is 24.6 Å². The third-order valence-electron chi connectivity index (χ3n) is 3.20. The van der Waals surface area contributed by atoms with Gasteiger partial charge < -0.3 is 4.90 Å². The highest BCUT2D eigenvalue weighted by molar-refractivity contribution is 7.89. The molecule has 0 aromatic heterocycles. The van der Waals surface area contributed by atoms with E-state index in [1.54, 1.807) is 29.2 Å². The van der Waals surface area contributed by atoms with Crippen LogP contribution in [0.4, 0.5) is 5.69 Å². The molecule has 0 aliphatic carbocycles. The van der Waals surface area contributed by atoms with Crippen molar-refractivity contribution in [2.45, 2.75) is 12.8 Å². The molecule has 1 aliphatic heterocycles. The minimum atomic E-state index is -3.57. The molecule has 2 N–H and O–H groups in total. The maximum absolute atomic E-state index is 11.9. The van der Waals surface area contributed by atoms with Crippen molar-refractivity contribution in [3.8, 4) is 6.07 Å². The largest absolute Gasteiger partial charge is 0.312 e. The molecule has 1 amide bonds. The summed E-state index contributed by atoms with van der Waals surface area (Å²) in [7, 11) is -3.57. The number of hydrogen-bond donors (Lipinski definition) is 1. The van der Waals surface area contributed by atoms with Gasteiger partial charge in [0.2, 0.25) is 15.9 Å². The second kappa shape index (κ2) is 5.61. The number of carbonyl (C=O) groups excluding carboxylic acids is 1. The van der Waals surface area contributed by atoms with Crippen molar-refractivity contribution in [2.24, 2.45) is 11.1 Å². The first-order valence-electron chi connectivity index (χ1n) is 6.16. The molecule has 1 aromatic rings. The molecular weight excluding hydrogens is 278 g/mol. The Morgan fingerprint density at radius 2 is 2.00 bits per heavy atom. The fourth-order valence-electron chi connectivity index (χ4n) is 2.36. The summed E-state index contributed by atoms with van der Waals surface area (Å²) >= 11 is 0. The molecule has 106 valence electrons. The van der Waals surface area contributed by atoms with Gasteiger partial charge in [-0.25, -0.2) is 13.6 Å². The quantitative estimate of drug-likeness (QED) is 0.867. The minimum absolute atomic E-state index is 0.105. The van der Waals surface area contributed by atoms with E-state index in [4.69, 9.17) is 10.4 Å². The molecule has 1 saturated heterocycles. The van der Waals surface area contributed by atoms with Gasteiger partial charge in [0.15, 0.2) is 0 Å². The molecule has 0 spiro atoms. The van der Waals surface area contributed by atoms with Gasteiger partial charge >= 0.3 is 0 Å². The topological polar surface area (TPSA) is 104 Å². The predicted molar refractivity (Wildman–Crippen MR) is 74.2 cm³/mol. The van der Waals surface area contributed by atoms with Gasteiger partial charge in [-0.05, 0) is 17.7 Å². The highest BCUT2D eigenvalue weighted by Crippen LogP contribution is 2.26. The van der Waals surface area contributed by atoms with Crippen LogP contribution in [-0.2, 0) is 21.2 Å². The Hall–Kier alpha value is -1.91. The molecule has 0 saturated carbocycles. The zero-order chi connectivity index (χ0) is 14.8. The van der Waals surface area contributed by atoms with E-state index in [0.717, 1.165) is 5.56 Å². The summed E-state index contributed by atoms with van der Waals surface area (Å²) < 4.78 is 22.1. The number of sulfonamides is 1. The minimum Gasteiger partial charge on any atom is -0.312 e. The highest BCUT2D eigenvalue weighted by atomic mass is 32.2. The number of benzene rings is 1. The van der Waals surface area contributed by atoms with E-state index in [1.165, 1.54) is 0 Å². The van der Waals surface area contributed by atoms with Crippen LogP contribution in [0, 0.1) is 17.2 Å². The standard InChI is InChI=1S/C13H15N3O3S/c14-6-5-10-1-3-12(4-2-10)16-8-11(7-13(16)17)9-20(15,18)19/h1-4,11H,5,7-9H2,(H2,15,18,19). The van der Waals surface area contributed by atoms with Gasteiger partial charge in [-0.3, -0.25) is 4.79 Å². The van der Waals surface area contributed by atoms with Gasteiger partial charge in [-0.15, -0.1) is 0 Å². The van der Waals surface area contributed by atoms with E-state index >= 15 is 0 Å². The summed E-state index contributed by atoms with van der Waals surface area (Å²) in [6.45, 7) is 0.354. The van der Waals surface area contributed by atoms with Crippen LogP contribution in [0.15, 0.2) is 24.3 Å². The summed E-state index contributed by atoms with van der Waals surface area (Å²) in [4.78, 5) is 13.5. The van der Waals surface area contributed by atoms with Crippen LogP contribution >= 0.6 is 0 Å². The van der Waals surface area contributed by atoms with Crippen LogP contribution < -0.4 is 10.0 Å². The van der Waals surface area contributed by atoms with E-state index in [2.05, 4.69) is 6.07 Å². The molecule has 6 nitrogen and oxygen atoms in total. The number of amides is 1. The Morgan fingerprint density at radius 3 is 2.55 bits per heavy atom. The predicted octanol–water partition coefficient (Wildman–Crippen LogP) is 0.394. The van der Waals surface area contributed by atoms with Gasteiger partial charge in [0.05, 0.1) is 18.2 Å². The average molecular weight is 293 g/mol. The van der Waals surface area contributed by atoms with E-state index < -0.39 is 10.0 Å². The fraction of sp³-hybridized carbons (Fsp3) is 0.385. The van der Waals surface area contributed by atoms with Crippen LogP contribution in [0.2, 0.25) is 0 Å². The summed E-state index contributed by atoms with van der Waals surface area (Å²) in [5, 5.41) is 13.6. The van der Waals surface area contributed by atoms with Crippen LogP contribution in [0.3, 0.4) is 0 Å². The first-order valence-corrected chi connectivity index (χ1v) is 7.87. The second-order valence-electron chi connectivity index (χ2n) is 4.91. The maximum atomic E-state index is 11.9. The van der Waals surface area contributed by atoms with E-state index in [0.29, 0.717) is 18.7 Å². The Labute approximate surface area is 117 Å². The first kappa shape index (κ1) is 14.5. The molecule has 1 heterocycles. The van der Waals surface area contributed by atoms with Crippen molar-refractivity contribution in [3.05, 3.63) is 29.8 Å². The van der Waals surface area contributed by atoms with Crippen LogP contribution in [0.5, 0.6) is 0 Å². The molecule has 1 atom stereocenters. The molecule has 0 radical (unpaired) electrons. The molecule has 7 heteroatoms.